The number of hydrogen-bond donors (Lipinski definition) is 2. The van der Waals surface area contributed by atoms with Crippen molar-refractivity contribution in [3.8, 4) is 0 Å². The van der Waals surface area contributed by atoms with E-state index in [0.717, 1.165) is 24.8 Å². The van der Waals surface area contributed by atoms with E-state index in [1.807, 2.05) is 0 Å². The smallest absolute Gasteiger partial charge is 0.221 e. The molecule has 0 saturated heterocycles. The van der Waals surface area contributed by atoms with Crippen molar-refractivity contribution in [3.05, 3.63) is 0 Å². The lowest BCUT2D eigenvalue weighted by Gasteiger charge is -2.30. The van der Waals surface area contributed by atoms with Crippen molar-refractivity contribution in [1.29, 1.82) is 0 Å². The van der Waals surface area contributed by atoms with Crippen molar-refractivity contribution >= 4 is 5.91 Å². The summed E-state index contributed by atoms with van der Waals surface area (Å²) in [6.07, 6.45) is 10.0. The van der Waals surface area contributed by atoms with Crippen LogP contribution in [0.25, 0.3) is 0 Å². The van der Waals surface area contributed by atoms with Gasteiger partial charge in [-0.05, 0) is 50.9 Å². The minimum atomic E-state index is 0.191. The summed E-state index contributed by atoms with van der Waals surface area (Å²) in [7, 11) is 0. The standard InChI is InChI=1S/C16H30N2O/c1-3-12(2)18-16(19)9-10-17-15-6-4-5-14(11-15)13-7-8-13/h12-15,17H,3-11H2,1-2H3,(H,18,19). The summed E-state index contributed by atoms with van der Waals surface area (Å²) < 4.78 is 0. The number of carbonyl (C=O) groups is 1. The van der Waals surface area contributed by atoms with Crippen molar-refractivity contribution in [2.24, 2.45) is 11.8 Å². The summed E-state index contributed by atoms with van der Waals surface area (Å²) in [6, 6.07) is 0.970. The number of hydrogen-bond acceptors (Lipinski definition) is 2. The van der Waals surface area contributed by atoms with Gasteiger partial charge in [-0.15, -0.1) is 0 Å². The molecule has 19 heavy (non-hydrogen) atoms. The molecule has 2 saturated carbocycles. The average Bonchev–Trinajstić information content (AvgIpc) is 3.23. The Morgan fingerprint density at radius 2 is 2.00 bits per heavy atom. The van der Waals surface area contributed by atoms with E-state index in [9.17, 15) is 4.79 Å². The highest BCUT2D eigenvalue weighted by Crippen LogP contribution is 2.43. The maximum Gasteiger partial charge on any atom is 0.221 e. The Balaban J connectivity index is 1.58. The first kappa shape index (κ1) is 14.8. The van der Waals surface area contributed by atoms with Gasteiger partial charge in [0.15, 0.2) is 0 Å². The maximum absolute atomic E-state index is 11.7. The van der Waals surface area contributed by atoms with Crippen molar-refractivity contribution in [1.82, 2.24) is 10.6 Å². The Morgan fingerprint density at radius 1 is 1.21 bits per heavy atom. The van der Waals surface area contributed by atoms with Crippen molar-refractivity contribution in [2.75, 3.05) is 6.54 Å². The van der Waals surface area contributed by atoms with Crippen LogP contribution in [0.3, 0.4) is 0 Å². The molecule has 2 aliphatic rings. The van der Waals surface area contributed by atoms with E-state index in [2.05, 4.69) is 24.5 Å². The zero-order valence-corrected chi connectivity index (χ0v) is 12.6. The lowest BCUT2D eigenvalue weighted by atomic mass is 9.83. The molecule has 3 heteroatoms. The van der Waals surface area contributed by atoms with Crippen LogP contribution in [0, 0.1) is 11.8 Å². The molecule has 0 aliphatic heterocycles. The van der Waals surface area contributed by atoms with Gasteiger partial charge in [-0.3, -0.25) is 4.79 Å². The highest BCUT2D eigenvalue weighted by atomic mass is 16.1. The third-order valence-corrected chi connectivity index (χ3v) is 4.81. The summed E-state index contributed by atoms with van der Waals surface area (Å²) in [5.41, 5.74) is 0. The molecule has 0 aromatic carbocycles. The van der Waals surface area contributed by atoms with Gasteiger partial charge in [0, 0.05) is 25.0 Å². The zero-order valence-electron chi connectivity index (χ0n) is 12.6. The van der Waals surface area contributed by atoms with E-state index in [1.165, 1.54) is 38.5 Å². The van der Waals surface area contributed by atoms with Crippen LogP contribution >= 0.6 is 0 Å². The van der Waals surface area contributed by atoms with Crippen LogP contribution in [0.1, 0.15) is 65.2 Å². The number of nitrogens with one attached hydrogen (secondary N) is 2. The fraction of sp³-hybridized carbons (Fsp3) is 0.938. The van der Waals surface area contributed by atoms with E-state index in [0.29, 0.717) is 18.5 Å². The molecule has 2 fully saturated rings. The monoisotopic (exact) mass is 266 g/mol. The van der Waals surface area contributed by atoms with Gasteiger partial charge in [0.2, 0.25) is 5.91 Å². The first-order valence-electron chi connectivity index (χ1n) is 8.21. The molecule has 3 nitrogen and oxygen atoms in total. The van der Waals surface area contributed by atoms with Crippen LogP contribution in [0.15, 0.2) is 0 Å². The van der Waals surface area contributed by atoms with E-state index >= 15 is 0 Å². The highest BCUT2D eigenvalue weighted by Gasteiger charge is 2.34. The molecule has 0 aromatic rings. The molecule has 0 radical (unpaired) electrons. The number of carbonyl (C=O) groups excluding carboxylic acids is 1. The fourth-order valence-electron chi connectivity index (χ4n) is 3.25. The summed E-state index contributed by atoms with van der Waals surface area (Å²) in [4.78, 5) is 11.7. The van der Waals surface area contributed by atoms with Crippen molar-refractivity contribution < 1.29 is 4.79 Å². The Labute approximate surface area is 117 Å². The van der Waals surface area contributed by atoms with Gasteiger partial charge in [-0.25, -0.2) is 0 Å². The predicted octanol–water partition coefficient (Wildman–Crippen LogP) is 2.85. The normalized spacial score (nSPS) is 28.9. The Hall–Kier alpha value is -0.570. The SMILES string of the molecule is CCC(C)NC(=O)CCNC1CCCC(C2CC2)C1. The molecule has 1 amide bonds. The third kappa shape index (κ3) is 5.13. The molecule has 3 unspecified atom stereocenters. The van der Waals surface area contributed by atoms with Gasteiger partial charge in [0.05, 0.1) is 0 Å². The summed E-state index contributed by atoms with van der Waals surface area (Å²) in [6.45, 7) is 5.00. The maximum atomic E-state index is 11.7. The quantitative estimate of drug-likeness (QED) is 0.744. The van der Waals surface area contributed by atoms with E-state index in [-0.39, 0.29) is 5.91 Å². The largest absolute Gasteiger partial charge is 0.354 e. The molecule has 2 N–H and O–H groups in total. The fourth-order valence-corrected chi connectivity index (χ4v) is 3.25. The summed E-state index contributed by atoms with van der Waals surface area (Å²) >= 11 is 0. The minimum Gasteiger partial charge on any atom is -0.354 e. The third-order valence-electron chi connectivity index (χ3n) is 4.81. The molecule has 0 aromatic heterocycles. The van der Waals surface area contributed by atoms with Crippen LogP contribution in [-0.4, -0.2) is 24.5 Å². The van der Waals surface area contributed by atoms with Gasteiger partial charge >= 0.3 is 0 Å². The molecule has 110 valence electrons. The second-order valence-corrected chi connectivity index (χ2v) is 6.54. The second-order valence-electron chi connectivity index (χ2n) is 6.54. The zero-order chi connectivity index (χ0) is 13.7. The minimum absolute atomic E-state index is 0.191. The van der Waals surface area contributed by atoms with E-state index < -0.39 is 0 Å². The number of amides is 1. The van der Waals surface area contributed by atoms with Gasteiger partial charge in [-0.2, -0.15) is 0 Å². The van der Waals surface area contributed by atoms with Gasteiger partial charge in [-0.1, -0.05) is 19.8 Å². The van der Waals surface area contributed by atoms with Gasteiger partial charge < -0.3 is 10.6 Å². The molecule has 2 aliphatic carbocycles. The molecule has 0 spiro atoms. The van der Waals surface area contributed by atoms with Crippen LogP contribution < -0.4 is 10.6 Å². The predicted molar refractivity (Wildman–Crippen MR) is 79.0 cm³/mol. The molecule has 0 heterocycles. The molecule has 0 bridgehead atoms. The van der Waals surface area contributed by atoms with Crippen molar-refractivity contribution in [2.45, 2.75) is 77.3 Å². The Bertz CT molecular complexity index is 288. The lowest BCUT2D eigenvalue weighted by Crippen LogP contribution is -2.38. The summed E-state index contributed by atoms with van der Waals surface area (Å²) in [5.74, 6) is 2.20. The van der Waals surface area contributed by atoms with E-state index in [4.69, 9.17) is 0 Å². The van der Waals surface area contributed by atoms with Crippen LogP contribution in [0.5, 0.6) is 0 Å². The highest BCUT2D eigenvalue weighted by molar-refractivity contribution is 5.76. The molecule has 2 rings (SSSR count). The lowest BCUT2D eigenvalue weighted by molar-refractivity contribution is -0.121. The van der Waals surface area contributed by atoms with Gasteiger partial charge in [0.25, 0.3) is 0 Å². The van der Waals surface area contributed by atoms with E-state index in [1.54, 1.807) is 0 Å². The van der Waals surface area contributed by atoms with Crippen LogP contribution in [-0.2, 0) is 4.79 Å². The first-order valence-corrected chi connectivity index (χ1v) is 8.21. The molecular formula is C16H30N2O. The topological polar surface area (TPSA) is 41.1 Å². The second kappa shape index (κ2) is 7.28. The van der Waals surface area contributed by atoms with Crippen molar-refractivity contribution in [3.63, 3.8) is 0 Å². The number of rotatable bonds is 7. The first-order chi connectivity index (χ1) is 9.19. The Morgan fingerprint density at radius 3 is 2.68 bits per heavy atom. The molecule has 3 atom stereocenters. The van der Waals surface area contributed by atoms with Gasteiger partial charge in [0.1, 0.15) is 0 Å². The van der Waals surface area contributed by atoms with Crippen LogP contribution in [0.2, 0.25) is 0 Å². The average molecular weight is 266 g/mol. The summed E-state index contributed by atoms with van der Waals surface area (Å²) in [5, 5.41) is 6.62. The Kier molecular flexibility index (Phi) is 5.68. The molecular weight excluding hydrogens is 236 g/mol. The van der Waals surface area contributed by atoms with Crippen LogP contribution in [0.4, 0.5) is 0 Å².